The molecule has 0 heterocycles. The third-order valence-corrected chi connectivity index (χ3v) is 2.86. The molecule has 0 saturated heterocycles. The number of phenolic OH excluding ortho intramolecular Hbond substituents is 2. The highest BCUT2D eigenvalue weighted by molar-refractivity contribution is 5.33. The molecule has 0 fully saturated rings. The van der Waals surface area contributed by atoms with E-state index < -0.39 is 0 Å². The molecule has 2 N–H and O–H groups in total. The molecule has 2 rings (SSSR count). The second-order valence-electron chi connectivity index (χ2n) is 4.43. The highest BCUT2D eigenvalue weighted by atomic mass is 16.3. The van der Waals surface area contributed by atoms with Gasteiger partial charge in [0.15, 0.2) is 0 Å². The van der Waals surface area contributed by atoms with Crippen LogP contribution in [0, 0.1) is 0 Å². The fourth-order valence-corrected chi connectivity index (χ4v) is 1.93. The number of benzene rings is 2. The minimum absolute atomic E-state index is 0.307. The van der Waals surface area contributed by atoms with Crippen LogP contribution in [-0.2, 0) is 13.1 Å². The smallest absolute Gasteiger partial charge is 0.120 e. The van der Waals surface area contributed by atoms with Gasteiger partial charge in [0.2, 0.25) is 0 Å². The molecule has 0 bridgehead atoms. The van der Waals surface area contributed by atoms with Gasteiger partial charge in [-0.2, -0.15) is 0 Å². The van der Waals surface area contributed by atoms with Crippen LogP contribution in [0.25, 0.3) is 0 Å². The normalized spacial score (nSPS) is 10.8. The first-order valence-corrected chi connectivity index (χ1v) is 5.89. The topological polar surface area (TPSA) is 43.7 Å². The zero-order valence-electron chi connectivity index (χ0n) is 10.4. The van der Waals surface area contributed by atoms with Gasteiger partial charge in [0.05, 0.1) is 0 Å². The van der Waals surface area contributed by atoms with E-state index in [0.717, 1.165) is 11.1 Å². The summed E-state index contributed by atoms with van der Waals surface area (Å²) in [4.78, 5) is 2.05. The van der Waals surface area contributed by atoms with Crippen LogP contribution in [0.2, 0.25) is 0 Å². The molecule has 3 nitrogen and oxygen atoms in total. The maximum Gasteiger partial charge on any atom is 0.120 e. The fourth-order valence-electron chi connectivity index (χ4n) is 1.93. The summed E-state index contributed by atoms with van der Waals surface area (Å²) in [5.41, 5.74) is 1.77. The molecule has 0 amide bonds. The summed E-state index contributed by atoms with van der Waals surface area (Å²) >= 11 is 0. The number of hydrogen-bond donors (Lipinski definition) is 2. The Bertz CT molecular complexity index is 478. The largest absolute Gasteiger partial charge is 0.508 e. The van der Waals surface area contributed by atoms with E-state index in [9.17, 15) is 10.2 Å². The quantitative estimate of drug-likeness (QED) is 0.867. The van der Waals surface area contributed by atoms with Gasteiger partial charge in [0.1, 0.15) is 11.5 Å². The van der Waals surface area contributed by atoms with Crippen molar-refractivity contribution in [3.05, 3.63) is 59.7 Å². The van der Waals surface area contributed by atoms with E-state index in [1.54, 1.807) is 12.1 Å². The van der Waals surface area contributed by atoms with E-state index in [2.05, 4.69) is 0 Å². The van der Waals surface area contributed by atoms with Crippen LogP contribution in [0.1, 0.15) is 11.1 Å². The molecule has 0 spiro atoms. The van der Waals surface area contributed by atoms with Crippen molar-refractivity contribution in [3.8, 4) is 11.5 Å². The molecule has 0 aromatic heterocycles. The SMILES string of the molecule is CN(Cc1ccccc1O)Cc1ccccc1O. The average Bonchev–Trinajstić information content (AvgIpc) is 2.35. The summed E-state index contributed by atoms with van der Waals surface area (Å²) in [5.74, 6) is 0.614. The number of rotatable bonds is 4. The number of phenols is 2. The number of aromatic hydroxyl groups is 2. The zero-order chi connectivity index (χ0) is 13.0. The molecule has 0 atom stereocenters. The Balaban J connectivity index is 2.04. The molecule has 94 valence electrons. The Morgan fingerprint density at radius 1 is 0.778 bits per heavy atom. The molecular weight excluding hydrogens is 226 g/mol. The van der Waals surface area contributed by atoms with E-state index in [0.29, 0.717) is 24.6 Å². The van der Waals surface area contributed by atoms with Gasteiger partial charge in [-0.15, -0.1) is 0 Å². The van der Waals surface area contributed by atoms with Gasteiger partial charge in [0, 0.05) is 24.2 Å². The highest BCUT2D eigenvalue weighted by Crippen LogP contribution is 2.21. The fraction of sp³-hybridized carbons (Fsp3) is 0.200. The van der Waals surface area contributed by atoms with Gasteiger partial charge in [0.25, 0.3) is 0 Å². The highest BCUT2D eigenvalue weighted by Gasteiger charge is 2.07. The lowest BCUT2D eigenvalue weighted by atomic mass is 10.1. The third-order valence-electron chi connectivity index (χ3n) is 2.86. The van der Waals surface area contributed by atoms with E-state index in [1.165, 1.54) is 0 Å². The van der Waals surface area contributed by atoms with Gasteiger partial charge >= 0.3 is 0 Å². The molecule has 3 heteroatoms. The van der Waals surface area contributed by atoms with Crippen molar-refractivity contribution in [2.24, 2.45) is 0 Å². The molecule has 18 heavy (non-hydrogen) atoms. The van der Waals surface area contributed by atoms with Crippen molar-refractivity contribution >= 4 is 0 Å². The number of para-hydroxylation sites is 2. The molecular formula is C15H17NO2. The van der Waals surface area contributed by atoms with Crippen molar-refractivity contribution in [3.63, 3.8) is 0 Å². The first-order chi connectivity index (χ1) is 8.66. The Morgan fingerprint density at radius 3 is 1.56 bits per heavy atom. The van der Waals surface area contributed by atoms with Crippen molar-refractivity contribution < 1.29 is 10.2 Å². The van der Waals surface area contributed by atoms with Gasteiger partial charge in [-0.3, -0.25) is 4.90 Å². The third kappa shape index (κ3) is 3.02. The van der Waals surface area contributed by atoms with E-state index in [1.807, 2.05) is 48.3 Å². The molecule has 2 aromatic rings. The minimum Gasteiger partial charge on any atom is -0.508 e. The molecule has 0 aliphatic heterocycles. The van der Waals surface area contributed by atoms with Gasteiger partial charge in [-0.1, -0.05) is 36.4 Å². The van der Waals surface area contributed by atoms with Crippen LogP contribution < -0.4 is 0 Å². The second-order valence-corrected chi connectivity index (χ2v) is 4.43. The lowest BCUT2D eigenvalue weighted by Gasteiger charge is -2.18. The summed E-state index contributed by atoms with van der Waals surface area (Å²) < 4.78 is 0. The first kappa shape index (κ1) is 12.5. The Hall–Kier alpha value is -2.00. The van der Waals surface area contributed by atoms with Crippen LogP contribution in [0.5, 0.6) is 11.5 Å². The van der Waals surface area contributed by atoms with Crippen LogP contribution in [0.3, 0.4) is 0 Å². The Labute approximate surface area is 107 Å². The predicted molar refractivity (Wildman–Crippen MR) is 71.4 cm³/mol. The van der Waals surface area contributed by atoms with Gasteiger partial charge in [-0.05, 0) is 19.2 Å². The second kappa shape index (κ2) is 5.56. The molecule has 0 aliphatic rings. The van der Waals surface area contributed by atoms with Crippen LogP contribution in [-0.4, -0.2) is 22.2 Å². The number of hydrogen-bond acceptors (Lipinski definition) is 3. The van der Waals surface area contributed by atoms with Gasteiger partial charge in [-0.25, -0.2) is 0 Å². The molecule has 2 aromatic carbocycles. The Kier molecular flexibility index (Phi) is 3.85. The van der Waals surface area contributed by atoms with Crippen LogP contribution in [0.4, 0.5) is 0 Å². The average molecular weight is 243 g/mol. The lowest BCUT2D eigenvalue weighted by molar-refractivity contribution is 0.307. The lowest BCUT2D eigenvalue weighted by Crippen LogP contribution is -2.17. The summed E-state index contributed by atoms with van der Waals surface area (Å²) in [7, 11) is 1.96. The first-order valence-electron chi connectivity index (χ1n) is 5.89. The number of nitrogens with zero attached hydrogens (tertiary/aromatic N) is 1. The molecule has 0 aliphatic carbocycles. The van der Waals surface area contributed by atoms with Crippen LogP contribution in [0.15, 0.2) is 48.5 Å². The Morgan fingerprint density at radius 2 is 1.17 bits per heavy atom. The van der Waals surface area contributed by atoms with E-state index in [4.69, 9.17) is 0 Å². The summed E-state index contributed by atoms with van der Waals surface area (Å²) in [6, 6.07) is 14.6. The van der Waals surface area contributed by atoms with E-state index in [-0.39, 0.29) is 0 Å². The summed E-state index contributed by atoms with van der Waals surface area (Å²) in [6.45, 7) is 1.28. The van der Waals surface area contributed by atoms with Crippen molar-refractivity contribution in [1.29, 1.82) is 0 Å². The molecule has 0 radical (unpaired) electrons. The zero-order valence-corrected chi connectivity index (χ0v) is 10.4. The maximum atomic E-state index is 9.70. The van der Waals surface area contributed by atoms with Crippen LogP contribution >= 0.6 is 0 Å². The standard InChI is InChI=1S/C15H17NO2/c1-16(10-12-6-2-4-8-14(12)17)11-13-7-3-5-9-15(13)18/h2-9,17-18H,10-11H2,1H3. The van der Waals surface area contributed by atoms with Crippen molar-refractivity contribution in [1.82, 2.24) is 4.90 Å². The van der Waals surface area contributed by atoms with Gasteiger partial charge < -0.3 is 10.2 Å². The maximum absolute atomic E-state index is 9.70. The monoisotopic (exact) mass is 243 g/mol. The molecule has 0 saturated carbocycles. The van der Waals surface area contributed by atoms with Crippen molar-refractivity contribution in [2.75, 3.05) is 7.05 Å². The summed E-state index contributed by atoms with van der Waals surface area (Å²) in [5, 5.41) is 19.4. The predicted octanol–water partition coefficient (Wildman–Crippen LogP) is 2.73. The summed E-state index contributed by atoms with van der Waals surface area (Å²) in [6.07, 6.45) is 0. The van der Waals surface area contributed by atoms with E-state index >= 15 is 0 Å². The minimum atomic E-state index is 0.307. The van der Waals surface area contributed by atoms with Crippen molar-refractivity contribution in [2.45, 2.75) is 13.1 Å². The molecule has 0 unspecified atom stereocenters.